The Hall–Kier alpha value is -1.21. The minimum absolute atomic E-state index is 0.107. The van der Waals surface area contributed by atoms with Crippen molar-refractivity contribution in [1.82, 2.24) is 4.98 Å². The van der Waals surface area contributed by atoms with Gasteiger partial charge in [0.15, 0.2) is 0 Å². The standard InChI is InChI=1S/C9H12ClN3O3S/c1-2-17(16)6-5-11-9-7(13(14)15)3-4-8(10)12-9/h3-4H,2,5-6H2,1H3,(H,11,12). The second-order valence-electron chi connectivity index (χ2n) is 3.12. The van der Waals surface area contributed by atoms with E-state index in [0.717, 1.165) is 0 Å². The molecule has 1 unspecified atom stereocenters. The van der Waals surface area contributed by atoms with Crippen molar-refractivity contribution >= 4 is 33.9 Å². The maximum Gasteiger partial charge on any atom is 0.311 e. The summed E-state index contributed by atoms with van der Waals surface area (Å²) in [6.07, 6.45) is 0. The van der Waals surface area contributed by atoms with Gasteiger partial charge < -0.3 is 5.32 Å². The highest BCUT2D eigenvalue weighted by Gasteiger charge is 2.15. The van der Waals surface area contributed by atoms with Crippen molar-refractivity contribution < 1.29 is 9.13 Å². The molecule has 0 aliphatic heterocycles. The number of pyridine rings is 1. The molecule has 1 aromatic rings. The molecule has 8 heteroatoms. The van der Waals surface area contributed by atoms with Gasteiger partial charge in [-0.1, -0.05) is 18.5 Å². The lowest BCUT2D eigenvalue weighted by atomic mass is 10.4. The molecule has 17 heavy (non-hydrogen) atoms. The van der Waals surface area contributed by atoms with E-state index >= 15 is 0 Å². The first kappa shape index (κ1) is 13.9. The van der Waals surface area contributed by atoms with Crippen LogP contribution in [0.5, 0.6) is 0 Å². The summed E-state index contributed by atoms with van der Waals surface area (Å²) in [7, 11) is -0.916. The number of nitrogens with one attached hydrogen (secondary N) is 1. The molecule has 0 aromatic carbocycles. The van der Waals surface area contributed by atoms with Crippen LogP contribution in [0.3, 0.4) is 0 Å². The topological polar surface area (TPSA) is 85.1 Å². The molecule has 0 aliphatic carbocycles. The molecule has 1 atom stereocenters. The zero-order valence-corrected chi connectivity index (χ0v) is 10.8. The third kappa shape index (κ3) is 4.27. The molecule has 0 aliphatic rings. The van der Waals surface area contributed by atoms with E-state index in [-0.39, 0.29) is 16.7 Å². The van der Waals surface area contributed by atoms with Crippen molar-refractivity contribution in [2.45, 2.75) is 6.92 Å². The lowest BCUT2D eigenvalue weighted by Gasteiger charge is -2.05. The number of nitro groups is 1. The molecular formula is C9H12ClN3O3S. The normalized spacial score (nSPS) is 12.1. The Morgan fingerprint density at radius 2 is 2.29 bits per heavy atom. The van der Waals surface area contributed by atoms with E-state index in [9.17, 15) is 14.3 Å². The van der Waals surface area contributed by atoms with Gasteiger partial charge in [-0.3, -0.25) is 14.3 Å². The van der Waals surface area contributed by atoms with Crippen molar-refractivity contribution in [2.75, 3.05) is 23.4 Å². The molecule has 1 N–H and O–H groups in total. The van der Waals surface area contributed by atoms with Crippen molar-refractivity contribution in [3.63, 3.8) is 0 Å². The Morgan fingerprint density at radius 1 is 1.59 bits per heavy atom. The van der Waals surface area contributed by atoms with E-state index in [1.807, 2.05) is 6.92 Å². The predicted molar refractivity (Wildman–Crippen MR) is 67.9 cm³/mol. The molecule has 1 heterocycles. The van der Waals surface area contributed by atoms with Crippen LogP contribution in [0.4, 0.5) is 11.5 Å². The second kappa shape index (κ2) is 6.51. The number of rotatable bonds is 6. The summed E-state index contributed by atoms with van der Waals surface area (Å²) in [5.74, 6) is 1.09. The van der Waals surface area contributed by atoms with Gasteiger partial charge in [0, 0.05) is 34.9 Å². The van der Waals surface area contributed by atoms with Gasteiger partial charge in [-0.05, 0) is 6.07 Å². The number of hydrogen-bond acceptors (Lipinski definition) is 5. The van der Waals surface area contributed by atoms with Gasteiger partial charge in [0.05, 0.1) is 4.92 Å². The molecule has 0 saturated carbocycles. The van der Waals surface area contributed by atoms with Gasteiger partial charge in [-0.15, -0.1) is 0 Å². The van der Waals surface area contributed by atoms with Crippen molar-refractivity contribution in [2.24, 2.45) is 0 Å². The van der Waals surface area contributed by atoms with E-state index in [0.29, 0.717) is 18.1 Å². The van der Waals surface area contributed by atoms with Crippen LogP contribution in [0.2, 0.25) is 5.15 Å². The van der Waals surface area contributed by atoms with Crippen LogP contribution in [0, 0.1) is 10.1 Å². The minimum atomic E-state index is -0.916. The summed E-state index contributed by atoms with van der Waals surface area (Å²) in [6, 6.07) is 2.64. The van der Waals surface area contributed by atoms with Crippen molar-refractivity contribution in [3.8, 4) is 0 Å². The molecular weight excluding hydrogens is 266 g/mol. The zero-order chi connectivity index (χ0) is 12.8. The lowest BCUT2D eigenvalue weighted by molar-refractivity contribution is -0.384. The third-order valence-electron chi connectivity index (χ3n) is 1.98. The molecule has 0 radical (unpaired) electrons. The summed E-state index contributed by atoms with van der Waals surface area (Å²) in [6.45, 7) is 2.17. The average Bonchev–Trinajstić information content (AvgIpc) is 2.28. The maximum absolute atomic E-state index is 11.2. The van der Waals surface area contributed by atoms with Crippen molar-refractivity contribution in [1.29, 1.82) is 0 Å². The van der Waals surface area contributed by atoms with E-state index in [4.69, 9.17) is 11.6 Å². The number of nitrogens with zero attached hydrogens (tertiary/aromatic N) is 2. The Bertz CT molecular complexity index is 441. The number of halogens is 1. The van der Waals surface area contributed by atoms with Crippen LogP contribution in [0.15, 0.2) is 12.1 Å². The van der Waals surface area contributed by atoms with Crippen LogP contribution in [0.25, 0.3) is 0 Å². The highest BCUT2D eigenvalue weighted by atomic mass is 35.5. The highest BCUT2D eigenvalue weighted by molar-refractivity contribution is 7.84. The fraction of sp³-hybridized carbons (Fsp3) is 0.444. The second-order valence-corrected chi connectivity index (χ2v) is 5.37. The minimum Gasteiger partial charge on any atom is -0.363 e. The van der Waals surface area contributed by atoms with E-state index < -0.39 is 15.7 Å². The summed E-state index contributed by atoms with van der Waals surface area (Å²) < 4.78 is 11.2. The Balaban J connectivity index is 2.72. The molecule has 0 bridgehead atoms. The molecule has 0 saturated heterocycles. The molecule has 0 fully saturated rings. The zero-order valence-electron chi connectivity index (χ0n) is 9.18. The lowest BCUT2D eigenvalue weighted by Crippen LogP contribution is -2.13. The van der Waals surface area contributed by atoms with Crippen LogP contribution in [0.1, 0.15) is 6.92 Å². The largest absolute Gasteiger partial charge is 0.363 e. The Kier molecular flexibility index (Phi) is 5.30. The first-order valence-electron chi connectivity index (χ1n) is 4.94. The van der Waals surface area contributed by atoms with Crippen LogP contribution < -0.4 is 5.32 Å². The predicted octanol–water partition coefficient (Wildman–Crippen LogP) is 1.82. The third-order valence-corrected chi connectivity index (χ3v) is 3.49. The number of aromatic nitrogens is 1. The van der Waals surface area contributed by atoms with Gasteiger partial charge in [-0.25, -0.2) is 4.98 Å². The first-order valence-corrected chi connectivity index (χ1v) is 6.81. The SMILES string of the molecule is CCS(=O)CCNc1nc(Cl)ccc1[N+](=O)[O-]. The molecule has 6 nitrogen and oxygen atoms in total. The summed E-state index contributed by atoms with van der Waals surface area (Å²) in [4.78, 5) is 14.0. The Labute approximate surface area is 106 Å². The van der Waals surface area contributed by atoms with Crippen LogP contribution in [-0.4, -0.2) is 32.2 Å². The molecule has 94 valence electrons. The van der Waals surface area contributed by atoms with E-state index in [1.54, 1.807) is 0 Å². The van der Waals surface area contributed by atoms with E-state index in [2.05, 4.69) is 10.3 Å². The smallest absolute Gasteiger partial charge is 0.311 e. The van der Waals surface area contributed by atoms with Crippen LogP contribution >= 0.6 is 11.6 Å². The van der Waals surface area contributed by atoms with Gasteiger partial charge in [-0.2, -0.15) is 0 Å². The monoisotopic (exact) mass is 277 g/mol. The summed E-state index contributed by atoms with van der Waals surface area (Å²) >= 11 is 5.66. The number of hydrogen-bond donors (Lipinski definition) is 1. The first-order chi connectivity index (χ1) is 8.04. The fourth-order valence-corrected chi connectivity index (χ4v) is 1.90. The van der Waals surface area contributed by atoms with E-state index in [1.165, 1.54) is 12.1 Å². The molecule has 0 spiro atoms. The quantitative estimate of drug-likeness (QED) is 0.487. The van der Waals surface area contributed by atoms with Crippen molar-refractivity contribution in [3.05, 3.63) is 27.4 Å². The van der Waals surface area contributed by atoms with Gasteiger partial charge in [0.25, 0.3) is 0 Å². The van der Waals surface area contributed by atoms with Crippen LogP contribution in [-0.2, 0) is 10.8 Å². The summed E-state index contributed by atoms with van der Waals surface area (Å²) in [5, 5.41) is 13.7. The summed E-state index contributed by atoms with van der Waals surface area (Å²) in [5.41, 5.74) is -0.142. The molecule has 1 rings (SSSR count). The fourth-order valence-electron chi connectivity index (χ4n) is 1.13. The van der Waals surface area contributed by atoms with Gasteiger partial charge in [0.1, 0.15) is 5.15 Å². The average molecular weight is 278 g/mol. The highest BCUT2D eigenvalue weighted by Crippen LogP contribution is 2.23. The van der Waals surface area contributed by atoms with Gasteiger partial charge >= 0.3 is 5.69 Å². The van der Waals surface area contributed by atoms with Gasteiger partial charge in [0.2, 0.25) is 5.82 Å². The molecule has 1 aromatic heterocycles. The maximum atomic E-state index is 11.2. The number of anilines is 1. The molecule has 0 amide bonds. The Morgan fingerprint density at radius 3 is 2.88 bits per heavy atom.